The maximum Gasteiger partial charge on any atom is 0.261 e. The lowest BCUT2D eigenvalue weighted by atomic mass is 9.99. The van der Waals surface area contributed by atoms with Crippen LogP contribution in [-0.4, -0.2) is 35.2 Å². The quantitative estimate of drug-likeness (QED) is 0.239. The maximum absolute atomic E-state index is 12.6. The minimum atomic E-state index is -3.71. The summed E-state index contributed by atoms with van der Waals surface area (Å²) in [6.45, 7) is 5.12. The first-order chi connectivity index (χ1) is 17.0. The minimum Gasteiger partial charge on any atom is -0.387 e. The molecule has 0 aliphatic carbocycles. The number of aliphatic hydroxyl groups excluding tert-OH is 1. The van der Waals surface area contributed by atoms with Gasteiger partial charge in [-0.2, -0.15) is 0 Å². The summed E-state index contributed by atoms with van der Waals surface area (Å²) in [5, 5.41) is 15.2. The molecule has 0 fully saturated rings. The third kappa shape index (κ3) is 6.38. The van der Waals surface area contributed by atoms with E-state index >= 15 is 0 Å². The van der Waals surface area contributed by atoms with Crippen LogP contribution in [-0.2, 0) is 16.6 Å². The lowest BCUT2D eigenvalue weighted by Gasteiger charge is -2.28. The summed E-state index contributed by atoms with van der Waals surface area (Å²) >= 11 is 12.3. The number of aromatic nitrogens is 2. The Morgan fingerprint density at radius 1 is 1.03 bits per heavy atom. The van der Waals surface area contributed by atoms with Gasteiger partial charge in [0.1, 0.15) is 0 Å². The van der Waals surface area contributed by atoms with Crippen LogP contribution in [0.25, 0.3) is 11.0 Å². The first-order valence-corrected chi connectivity index (χ1v) is 13.7. The Labute approximate surface area is 221 Å². The van der Waals surface area contributed by atoms with E-state index in [1.54, 1.807) is 54.9 Å². The molecule has 10 heteroatoms. The van der Waals surface area contributed by atoms with Crippen molar-refractivity contribution < 1.29 is 13.5 Å². The van der Waals surface area contributed by atoms with E-state index in [1.165, 1.54) is 12.1 Å². The van der Waals surface area contributed by atoms with E-state index < -0.39 is 16.1 Å². The third-order valence-corrected chi connectivity index (χ3v) is 8.11. The van der Waals surface area contributed by atoms with Crippen LogP contribution in [0.5, 0.6) is 0 Å². The van der Waals surface area contributed by atoms with Crippen molar-refractivity contribution in [2.75, 3.05) is 11.3 Å². The van der Waals surface area contributed by atoms with Gasteiger partial charge in [0.2, 0.25) is 0 Å². The number of aliphatic hydroxyl groups is 1. The predicted molar refractivity (Wildman–Crippen MR) is 145 cm³/mol. The molecule has 1 aromatic heterocycles. The summed E-state index contributed by atoms with van der Waals surface area (Å²) in [6, 6.07) is 18.5. The molecule has 0 aliphatic rings. The number of hydrogen-bond acceptors (Lipinski definition) is 5. The summed E-state index contributed by atoms with van der Waals surface area (Å²) in [5.74, 6) is 0. The highest BCUT2D eigenvalue weighted by atomic mass is 35.5. The van der Waals surface area contributed by atoms with Crippen molar-refractivity contribution in [3.05, 3.63) is 88.7 Å². The molecule has 0 radical (unpaired) electrons. The van der Waals surface area contributed by atoms with Gasteiger partial charge in [-0.25, -0.2) is 13.4 Å². The highest BCUT2D eigenvalue weighted by Crippen LogP contribution is 2.28. The number of hydrogen-bond donors (Lipinski definition) is 3. The van der Waals surface area contributed by atoms with Crippen molar-refractivity contribution in [3.63, 3.8) is 0 Å². The molecule has 7 nitrogen and oxygen atoms in total. The van der Waals surface area contributed by atoms with E-state index in [2.05, 4.69) is 28.9 Å². The summed E-state index contributed by atoms with van der Waals surface area (Å²) in [6.07, 6.45) is 1.72. The van der Waals surface area contributed by atoms with E-state index in [1.807, 2.05) is 10.6 Å². The Kier molecular flexibility index (Phi) is 7.92. The number of anilines is 1. The zero-order valence-electron chi connectivity index (χ0n) is 19.9. The predicted octanol–water partition coefficient (Wildman–Crippen LogP) is 5.64. The van der Waals surface area contributed by atoms with Crippen LogP contribution in [0, 0.1) is 0 Å². The van der Waals surface area contributed by atoms with E-state index in [0.717, 1.165) is 17.5 Å². The zero-order chi connectivity index (χ0) is 25.9. The summed E-state index contributed by atoms with van der Waals surface area (Å²) in [4.78, 5) is 4.58. The number of rotatable bonds is 10. The fourth-order valence-electron chi connectivity index (χ4n) is 3.83. The van der Waals surface area contributed by atoms with Crippen LogP contribution >= 0.6 is 23.2 Å². The molecule has 0 saturated heterocycles. The second-order valence-electron chi connectivity index (χ2n) is 9.27. The Bertz CT molecular complexity index is 1460. The van der Waals surface area contributed by atoms with Crippen molar-refractivity contribution in [1.29, 1.82) is 0 Å². The second-order valence-corrected chi connectivity index (χ2v) is 11.8. The SMILES string of the molecule is CC(C)(CCn1cnc2cc(Cl)c(Cl)cc21)NCC(O)c1cccc(NS(=O)(=O)c2ccccc2)c1. The number of benzene rings is 3. The van der Waals surface area contributed by atoms with Crippen LogP contribution < -0.4 is 10.0 Å². The van der Waals surface area contributed by atoms with Gasteiger partial charge < -0.3 is 15.0 Å². The Balaban J connectivity index is 1.36. The number of β-amino-alcohol motifs (C(OH)–C–C–N with tert-alkyl or cyclic N) is 1. The van der Waals surface area contributed by atoms with E-state index in [4.69, 9.17) is 23.2 Å². The zero-order valence-corrected chi connectivity index (χ0v) is 22.3. The van der Waals surface area contributed by atoms with Gasteiger partial charge in [-0.1, -0.05) is 53.5 Å². The molecule has 0 spiro atoms. The van der Waals surface area contributed by atoms with Gasteiger partial charge in [0.15, 0.2) is 0 Å². The molecule has 3 N–H and O–H groups in total. The largest absolute Gasteiger partial charge is 0.387 e. The van der Waals surface area contributed by atoms with E-state index in [-0.39, 0.29) is 10.4 Å². The Morgan fingerprint density at radius 3 is 2.50 bits per heavy atom. The monoisotopic (exact) mass is 546 g/mol. The Morgan fingerprint density at radius 2 is 1.75 bits per heavy atom. The molecule has 1 unspecified atom stereocenters. The molecule has 4 aromatic rings. The molecule has 1 heterocycles. The molecule has 0 amide bonds. The van der Waals surface area contributed by atoms with Gasteiger partial charge in [-0.3, -0.25) is 4.72 Å². The van der Waals surface area contributed by atoms with Gasteiger partial charge in [0.25, 0.3) is 10.0 Å². The smallest absolute Gasteiger partial charge is 0.261 e. The van der Waals surface area contributed by atoms with Crippen molar-refractivity contribution >= 4 is 49.9 Å². The van der Waals surface area contributed by atoms with Gasteiger partial charge >= 0.3 is 0 Å². The number of nitrogens with zero attached hydrogens (tertiary/aromatic N) is 2. The molecular formula is C26H28Cl2N4O3S. The molecule has 0 aliphatic heterocycles. The number of nitrogens with one attached hydrogen (secondary N) is 2. The van der Waals surface area contributed by atoms with Gasteiger partial charge in [0.05, 0.1) is 38.4 Å². The topological polar surface area (TPSA) is 96.2 Å². The lowest BCUT2D eigenvalue weighted by molar-refractivity contribution is 0.158. The van der Waals surface area contributed by atoms with Crippen molar-refractivity contribution in [1.82, 2.24) is 14.9 Å². The summed E-state index contributed by atoms with van der Waals surface area (Å²) in [5.41, 5.74) is 2.41. The number of aryl methyl sites for hydroxylation is 1. The highest BCUT2D eigenvalue weighted by molar-refractivity contribution is 7.92. The van der Waals surface area contributed by atoms with E-state index in [9.17, 15) is 13.5 Å². The van der Waals surface area contributed by atoms with Crippen molar-refractivity contribution in [2.45, 2.75) is 43.4 Å². The number of sulfonamides is 1. The fourth-order valence-corrected chi connectivity index (χ4v) is 5.22. The first-order valence-electron chi connectivity index (χ1n) is 11.4. The molecule has 4 rings (SSSR count). The third-order valence-electron chi connectivity index (χ3n) is 5.99. The highest BCUT2D eigenvalue weighted by Gasteiger charge is 2.21. The lowest BCUT2D eigenvalue weighted by Crippen LogP contribution is -2.42. The average molecular weight is 548 g/mol. The molecule has 0 bridgehead atoms. The number of imidazole rings is 1. The second kappa shape index (κ2) is 10.8. The van der Waals surface area contributed by atoms with Crippen LogP contribution in [0.1, 0.15) is 31.9 Å². The van der Waals surface area contributed by atoms with Crippen LogP contribution in [0.2, 0.25) is 10.0 Å². The van der Waals surface area contributed by atoms with Gasteiger partial charge in [-0.05, 0) is 62.2 Å². The standard InChI is InChI=1S/C26H28Cl2N4O3S/c1-26(2,11-12-32-17-29-23-14-21(27)22(28)15-24(23)32)30-16-25(33)18-7-6-8-19(13-18)31-36(34,35)20-9-4-3-5-10-20/h3-10,13-15,17,25,30-31,33H,11-12,16H2,1-2H3. The molecule has 1 atom stereocenters. The Hall–Kier alpha value is -2.62. The molecular weight excluding hydrogens is 519 g/mol. The maximum atomic E-state index is 12.6. The average Bonchev–Trinajstić information content (AvgIpc) is 3.23. The van der Waals surface area contributed by atoms with Crippen LogP contribution in [0.3, 0.4) is 0 Å². The van der Waals surface area contributed by atoms with Crippen molar-refractivity contribution in [3.8, 4) is 0 Å². The number of halogens is 2. The molecule has 3 aromatic carbocycles. The molecule has 0 saturated carbocycles. The van der Waals surface area contributed by atoms with Crippen LogP contribution in [0.15, 0.2) is 78.0 Å². The van der Waals surface area contributed by atoms with Gasteiger partial charge in [-0.15, -0.1) is 0 Å². The van der Waals surface area contributed by atoms with Crippen LogP contribution in [0.4, 0.5) is 5.69 Å². The number of fused-ring (bicyclic) bond motifs is 1. The summed E-state index contributed by atoms with van der Waals surface area (Å²) in [7, 11) is -3.71. The van der Waals surface area contributed by atoms with E-state index in [0.29, 0.717) is 34.4 Å². The summed E-state index contributed by atoms with van der Waals surface area (Å²) < 4.78 is 29.8. The minimum absolute atomic E-state index is 0.176. The van der Waals surface area contributed by atoms with Gasteiger partial charge in [0, 0.05) is 24.3 Å². The molecule has 190 valence electrons. The normalized spacial score (nSPS) is 13.1. The first kappa shape index (κ1) is 26.4. The fraction of sp³-hybridized carbons (Fsp3) is 0.269. The molecule has 36 heavy (non-hydrogen) atoms. The van der Waals surface area contributed by atoms with Crippen molar-refractivity contribution in [2.24, 2.45) is 0 Å².